The van der Waals surface area contributed by atoms with Crippen LogP contribution in [0.4, 0.5) is 10.1 Å². The molecule has 1 aromatic carbocycles. The van der Waals surface area contributed by atoms with E-state index in [4.69, 9.17) is 0 Å². The van der Waals surface area contributed by atoms with Crippen molar-refractivity contribution < 1.29 is 14.0 Å². The van der Waals surface area contributed by atoms with Gasteiger partial charge in [-0.05, 0) is 44.0 Å². The van der Waals surface area contributed by atoms with Gasteiger partial charge in [0.25, 0.3) is 0 Å². The Hall–Kier alpha value is -1.91. The highest BCUT2D eigenvalue weighted by atomic mass is 127. The van der Waals surface area contributed by atoms with E-state index in [0.29, 0.717) is 31.2 Å². The maximum atomic E-state index is 12.9. The van der Waals surface area contributed by atoms with Crippen LogP contribution < -0.4 is 16.0 Å². The lowest BCUT2D eigenvalue weighted by molar-refractivity contribution is -0.127. The first-order valence-electron chi connectivity index (χ1n) is 8.94. The number of amides is 2. The number of aliphatic imine (C=N–C) groups is 1. The maximum absolute atomic E-state index is 12.9. The molecule has 0 unspecified atom stereocenters. The molecule has 1 aliphatic rings. The Bertz CT molecular complexity index is 639. The number of rotatable bonds is 8. The van der Waals surface area contributed by atoms with Gasteiger partial charge in [-0.2, -0.15) is 0 Å². The minimum Gasteiger partial charge on any atom is -0.357 e. The van der Waals surface area contributed by atoms with Crippen LogP contribution in [0.3, 0.4) is 0 Å². The molecule has 2 amide bonds. The molecule has 1 fully saturated rings. The number of hydrogen-bond donors (Lipinski definition) is 3. The minimum absolute atomic E-state index is 0. The molecule has 1 heterocycles. The van der Waals surface area contributed by atoms with Crippen LogP contribution in [0.5, 0.6) is 0 Å². The summed E-state index contributed by atoms with van der Waals surface area (Å²) in [7, 11) is 0. The van der Waals surface area contributed by atoms with E-state index in [1.807, 2.05) is 11.8 Å². The van der Waals surface area contributed by atoms with Crippen LogP contribution in [-0.4, -0.2) is 55.4 Å². The summed E-state index contributed by atoms with van der Waals surface area (Å²) in [6, 6.07) is 5.57. The molecule has 0 spiro atoms. The van der Waals surface area contributed by atoms with Crippen molar-refractivity contribution in [2.24, 2.45) is 4.99 Å². The van der Waals surface area contributed by atoms with E-state index in [-0.39, 0.29) is 48.2 Å². The third-order valence-electron chi connectivity index (χ3n) is 3.92. The van der Waals surface area contributed by atoms with E-state index >= 15 is 0 Å². The number of carbonyl (C=O) groups excluding carboxylic acids is 2. The number of likely N-dealkylation sites (tertiary alicyclic amines) is 1. The summed E-state index contributed by atoms with van der Waals surface area (Å²) in [6.45, 7) is 4.81. The van der Waals surface area contributed by atoms with Gasteiger partial charge in [0.15, 0.2) is 5.96 Å². The average Bonchev–Trinajstić information content (AvgIpc) is 3.03. The zero-order valence-electron chi connectivity index (χ0n) is 15.5. The predicted molar refractivity (Wildman–Crippen MR) is 115 cm³/mol. The molecule has 150 valence electrons. The van der Waals surface area contributed by atoms with Gasteiger partial charge in [-0.1, -0.05) is 0 Å². The predicted octanol–water partition coefficient (Wildman–Crippen LogP) is 1.95. The minimum atomic E-state index is -0.352. The van der Waals surface area contributed by atoms with E-state index in [1.54, 1.807) is 0 Å². The molecule has 27 heavy (non-hydrogen) atoms. The summed E-state index contributed by atoms with van der Waals surface area (Å²) in [6.07, 6.45) is 2.41. The monoisotopic (exact) mass is 491 g/mol. The lowest BCUT2D eigenvalue weighted by atomic mass is 10.3. The molecule has 1 aliphatic heterocycles. The van der Waals surface area contributed by atoms with Gasteiger partial charge in [0.05, 0.1) is 0 Å². The highest BCUT2D eigenvalue weighted by Gasteiger charge is 2.18. The van der Waals surface area contributed by atoms with Crippen LogP contribution in [0.15, 0.2) is 29.3 Å². The number of anilines is 1. The molecule has 1 aromatic rings. The smallest absolute Gasteiger partial charge is 0.246 e. The second-order valence-corrected chi connectivity index (χ2v) is 6.01. The second-order valence-electron chi connectivity index (χ2n) is 6.01. The zero-order valence-corrected chi connectivity index (χ0v) is 17.8. The average molecular weight is 491 g/mol. The zero-order chi connectivity index (χ0) is 18.8. The Kier molecular flexibility index (Phi) is 10.7. The molecular weight excluding hydrogens is 464 g/mol. The first-order valence-corrected chi connectivity index (χ1v) is 8.94. The van der Waals surface area contributed by atoms with Gasteiger partial charge < -0.3 is 20.9 Å². The summed E-state index contributed by atoms with van der Waals surface area (Å²) in [5.41, 5.74) is 0.528. The normalized spacial score (nSPS) is 13.9. The van der Waals surface area contributed by atoms with Crippen LogP contribution >= 0.6 is 24.0 Å². The SMILES string of the molecule is CCNC(=NCC(=O)Nc1ccc(F)cc1)NCCCN1CCCC1=O.I. The van der Waals surface area contributed by atoms with Crippen molar-refractivity contribution in [2.75, 3.05) is 38.0 Å². The fraction of sp³-hybridized carbons (Fsp3) is 0.500. The Morgan fingerprint density at radius 3 is 2.63 bits per heavy atom. The number of guanidine groups is 1. The highest BCUT2D eigenvalue weighted by Crippen LogP contribution is 2.09. The summed E-state index contributed by atoms with van der Waals surface area (Å²) in [4.78, 5) is 29.6. The van der Waals surface area contributed by atoms with Crippen LogP contribution in [0.1, 0.15) is 26.2 Å². The fourth-order valence-electron chi connectivity index (χ4n) is 2.64. The fourth-order valence-corrected chi connectivity index (χ4v) is 2.64. The van der Waals surface area contributed by atoms with Crippen LogP contribution in [-0.2, 0) is 9.59 Å². The molecule has 0 aliphatic carbocycles. The standard InChI is InChI=1S/C18H26FN5O2.HI/c1-2-20-18(21-10-4-12-24-11-3-5-17(24)26)22-13-16(25)23-15-8-6-14(19)7-9-15;/h6-9H,2-5,10-13H2,1H3,(H,23,25)(H2,20,21,22);1H. The van der Waals surface area contributed by atoms with Crippen LogP contribution in [0.25, 0.3) is 0 Å². The molecule has 2 rings (SSSR count). The van der Waals surface area contributed by atoms with Crippen molar-refractivity contribution in [2.45, 2.75) is 26.2 Å². The second kappa shape index (κ2) is 12.5. The number of hydrogen-bond acceptors (Lipinski definition) is 3. The number of nitrogens with zero attached hydrogens (tertiary/aromatic N) is 2. The molecular formula is C18H27FIN5O2. The van der Waals surface area contributed by atoms with Gasteiger partial charge >= 0.3 is 0 Å². The lowest BCUT2D eigenvalue weighted by Crippen LogP contribution is -2.39. The Balaban J connectivity index is 0.00000364. The van der Waals surface area contributed by atoms with E-state index in [2.05, 4.69) is 20.9 Å². The third-order valence-corrected chi connectivity index (χ3v) is 3.92. The summed E-state index contributed by atoms with van der Waals surface area (Å²) in [5, 5.41) is 8.90. The van der Waals surface area contributed by atoms with Crippen molar-refractivity contribution >= 4 is 47.4 Å². The molecule has 0 bridgehead atoms. The number of carbonyl (C=O) groups is 2. The molecule has 7 nitrogen and oxygen atoms in total. The van der Waals surface area contributed by atoms with Gasteiger partial charge in [-0.3, -0.25) is 9.59 Å². The topological polar surface area (TPSA) is 85.8 Å². The van der Waals surface area contributed by atoms with Crippen molar-refractivity contribution in [3.63, 3.8) is 0 Å². The molecule has 0 radical (unpaired) electrons. The molecule has 0 atom stereocenters. The maximum Gasteiger partial charge on any atom is 0.246 e. The van der Waals surface area contributed by atoms with Crippen molar-refractivity contribution in [3.8, 4) is 0 Å². The first kappa shape index (κ1) is 23.1. The van der Waals surface area contributed by atoms with Crippen molar-refractivity contribution in [1.29, 1.82) is 0 Å². The number of halogens is 2. The molecule has 1 saturated heterocycles. The molecule has 9 heteroatoms. The quantitative estimate of drug-likeness (QED) is 0.225. The van der Waals surface area contributed by atoms with E-state index < -0.39 is 0 Å². The Morgan fingerprint density at radius 1 is 1.26 bits per heavy atom. The summed E-state index contributed by atoms with van der Waals surface area (Å²) >= 11 is 0. The number of nitrogens with one attached hydrogen (secondary N) is 3. The Labute approximate surface area is 176 Å². The van der Waals surface area contributed by atoms with Gasteiger partial charge in [0.2, 0.25) is 11.8 Å². The first-order chi connectivity index (χ1) is 12.6. The van der Waals surface area contributed by atoms with Gasteiger partial charge in [0.1, 0.15) is 12.4 Å². The largest absolute Gasteiger partial charge is 0.357 e. The molecule has 3 N–H and O–H groups in total. The molecule has 0 saturated carbocycles. The third kappa shape index (κ3) is 8.55. The van der Waals surface area contributed by atoms with Crippen LogP contribution in [0, 0.1) is 5.82 Å². The van der Waals surface area contributed by atoms with Gasteiger partial charge in [-0.25, -0.2) is 9.38 Å². The van der Waals surface area contributed by atoms with Crippen molar-refractivity contribution in [1.82, 2.24) is 15.5 Å². The van der Waals surface area contributed by atoms with Gasteiger partial charge in [-0.15, -0.1) is 24.0 Å². The highest BCUT2D eigenvalue weighted by molar-refractivity contribution is 14.0. The van der Waals surface area contributed by atoms with Crippen LogP contribution in [0.2, 0.25) is 0 Å². The van der Waals surface area contributed by atoms with E-state index in [1.165, 1.54) is 24.3 Å². The molecule has 0 aromatic heterocycles. The summed E-state index contributed by atoms with van der Waals surface area (Å²) < 4.78 is 12.9. The number of benzene rings is 1. The van der Waals surface area contributed by atoms with E-state index in [9.17, 15) is 14.0 Å². The Morgan fingerprint density at radius 2 is 2.00 bits per heavy atom. The summed E-state index contributed by atoms with van der Waals surface area (Å²) in [5.74, 6) is 0.143. The van der Waals surface area contributed by atoms with Gasteiger partial charge in [0, 0.05) is 38.3 Å². The lowest BCUT2D eigenvalue weighted by Gasteiger charge is -2.16. The van der Waals surface area contributed by atoms with Crippen molar-refractivity contribution in [3.05, 3.63) is 30.1 Å². The van der Waals surface area contributed by atoms with E-state index in [0.717, 1.165) is 25.9 Å².